The average molecular weight is 251 g/mol. The highest BCUT2D eigenvalue weighted by atomic mass is 79.9. The summed E-state index contributed by atoms with van der Waals surface area (Å²) < 4.78 is 0. The molecule has 2 aromatic rings. The largest absolute Gasteiger partial charge is 0.392 e. The second-order valence-corrected chi connectivity index (χ2v) is 3.78. The van der Waals surface area contributed by atoms with E-state index in [9.17, 15) is 5.11 Å². The summed E-state index contributed by atoms with van der Waals surface area (Å²) in [5.41, 5.74) is 2.19. The number of hydrogen-bond acceptors (Lipinski definition) is 1. The molecular formula is C12H11BrO. The lowest BCUT2D eigenvalue weighted by molar-refractivity contribution is 0.281. The second kappa shape index (κ2) is 4.11. The first-order chi connectivity index (χ1) is 6.86. The van der Waals surface area contributed by atoms with Crippen LogP contribution in [0.2, 0.25) is 0 Å². The normalized spacial score (nSPS) is 10.7. The number of alkyl halides is 1. The van der Waals surface area contributed by atoms with Gasteiger partial charge in [-0.3, -0.25) is 0 Å². The predicted octanol–water partition coefficient (Wildman–Crippen LogP) is 3.23. The fourth-order valence-corrected chi connectivity index (χ4v) is 2.35. The van der Waals surface area contributed by atoms with Gasteiger partial charge in [0.2, 0.25) is 0 Å². The van der Waals surface area contributed by atoms with E-state index in [1.807, 2.05) is 24.3 Å². The second-order valence-electron chi connectivity index (χ2n) is 3.22. The Labute approximate surface area is 91.5 Å². The number of aliphatic hydroxyl groups is 1. The Morgan fingerprint density at radius 3 is 2.57 bits per heavy atom. The summed E-state index contributed by atoms with van der Waals surface area (Å²) in [6, 6.07) is 12.3. The number of benzene rings is 2. The van der Waals surface area contributed by atoms with Crippen molar-refractivity contribution in [3.05, 3.63) is 47.5 Å². The molecule has 2 heteroatoms. The molecular weight excluding hydrogens is 240 g/mol. The molecule has 2 aromatic carbocycles. The first-order valence-corrected chi connectivity index (χ1v) is 5.65. The summed E-state index contributed by atoms with van der Waals surface area (Å²) >= 11 is 3.46. The fourth-order valence-electron chi connectivity index (χ4n) is 1.69. The Morgan fingerprint density at radius 2 is 1.86 bits per heavy atom. The van der Waals surface area contributed by atoms with E-state index >= 15 is 0 Å². The molecule has 1 N–H and O–H groups in total. The quantitative estimate of drug-likeness (QED) is 0.812. The van der Waals surface area contributed by atoms with Gasteiger partial charge in [-0.1, -0.05) is 52.3 Å². The molecule has 0 aliphatic heterocycles. The third-order valence-electron chi connectivity index (χ3n) is 2.44. The first-order valence-electron chi connectivity index (χ1n) is 4.53. The van der Waals surface area contributed by atoms with Crippen LogP contribution in [0.1, 0.15) is 11.1 Å². The molecule has 0 amide bonds. The summed E-state index contributed by atoms with van der Waals surface area (Å²) in [6.45, 7) is 0.103. The van der Waals surface area contributed by atoms with Crippen molar-refractivity contribution < 1.29 is 5.11 Å². The van der Waals surface area contributed by atoms with Gasteiger partial charge in [0.25, 0.3) is 0 Å². The molecule has 0 aromatic heterocycles. The number of fused-ring (bicyclic) bond motifs is 1. The van der Waals surface area contributed by atoms with Crippen molar-refractivity contribution in [2.75, 3.05) is 0 Å². The van der Waals surface area contributed by atoms with Crippen molar-refractivity contribution in [3.8, 4) is 0 Å². The molecule has 2 rings (SSSR count). The van der Waals surface area contributed by atoms with Crippen molar-refractivity contribution in [1.29, 1.82) is 0 Å². The van der Waals surface area contributed by atoms with Crippen LogP contribution in [0.3, 0.4) is 0 Å². The van der Waals surface area contributed by atoms with E-state index in [4.69, 9.17) is 0 Å². The molecule has 72 valence electrons. The van der Waals surface area contributed by atoms with E-state index in [-0.39, 0.29) is 6.61 Å². The van der Waals surface area contributed by atoms with Gasteiger partial charge >= 0.3 is 0 Å². The Kier molecular flexibility index (Phi) is 2.85. The number of hydrogen-bond donors (Lipinski definition) is 1. The maximum Gasteiger partial charge on any atom is 0.0685 e. The van der Waals surface area contributed by atoms with Crippen LogP contribution in [0.4, 0.5) is 0 Å². The highest BCUT2D eigenvalue weighted by Gasteiger charge is 2.04. The molecule has 0 aliphatic rings. The molecule has 0 aliphatic carbocycles. The summed E-state index contributed by atoms with van der Waals surface area (Å²) in [6.07, 6.45) is 0. The molecule has 0 heterocycles. The third-order valence-corrected chi connectivity index (χ3v) is 3.00. The lowest BCUT2D eigenvalue weighted by Crippen LogP contribution is -1.92. The Morgan fingerprint density at radius 1 is 1.07 bits per heavy atom. The van der Waals surface area contributed by atoms with Crippen LogP contribution in [-0.2, 0) is 11.9 Å². The summed E-state index contributed by atoms with van der Waals surface area (Å²) in [5, 5.41) is 12.4. The monoisotopic (exact) mass is 250 g/mol. The van der Waals surface area contributed by atoms with Crippen LogP contribution in [0, 0.1) is 0 Å². The predicted molar refractivity (Wildman–Crippen MR) is 62.5 cm³/mol. The molecule has 0 atom stereocenters. The van der Waals surface area contributed by atoms with Crippen LogP contribution in [0.15, 0.2) is 36.4 Å². The molecule has 0 radical (unpaired) electrons. The molecule has 1 nitrogen and oxygen atoms in total. The van der Waals surface area contributed by atoms with Gasteiger partial charge in [-0.25, -0.2) is 0 Å². The molecule has 0 unspecified atom stereocenters. The summed E-state index contributed by atoms with van der Waals surface area (Å²) in [4.78, 5) is 0. The van der Waals surface area contributed by atoms with Gasteiger partial charge in [0, 0.05) is 5.33 Å². The van der Waals surface area contributed by atoms with E-state index in [0.29, 0.717) is 0 Å². The summed E-state index contributed by atoms with van der Waals surface area (Å²) in [5.74, 6) is 0. The topological polar surface area (TPSA) is 20.2 Å². The molecule has 0 spiro atoms. The molecule has 0 saturated carbocycles. The van der Waals surface area contributed by atoms with Crippen molar-refractivity contribution in [1.82, 2.24) is 0 Å². The minimum Gasteiger partial charge on any atom is -0.392 e. The maximum atomic E-state index is 9.19. The minimum atomic E-state index is 0.103. The standard InChI is InChI=1S/C12H11BrO/c13-7-12-10(8-14)6-5-9-3-1-2-4-11(9)12/h1-6,14H,7-8H2. The number of aliphatic hydroxyl groups excluding tert-OH is 1. The third kappa shape index (κ3) is 1.56. The van der Waals surface area contributed by atoms with Crippen LogP contribution in [0.25, 0.3) is 10.8 Å². The Balaban J connectivity index is 2.77. The van der Waals surface area contributed by atoms with Gasteiger partial charge in [0.15, 0.2) is 0 Å². The van der Waals surface area contributed by atoms with Gasteiger partial charge in [-0.2, -0.15) is 0 Å². The smallest absolute Gasteiger partial charge is 0.0685 e. The van der Waals surface area contributed by atoms with Crippen molar-refractivity contribution in [2.45, 2.75) is 11.9 Å². The first kappa shape index (κ1) is 9.69. The van der Waals surface area contributed by atoms with E-state index in [1.54, 1.807) is 0 Å². The number of rotatable bonds is 2. The van der Waals surface area contributed by atoms with Crippen molar-refractivity contribution in [3.63, 3.8) is 0 Å². The minimum absolute atomic E-state index is 0.103. The average Bonchev–Trinajstić information content (AvgIpc) is 2.27. The zero-order valence-corrected chi connectivity index (χ0v) is 9.29. The van der Waals surface area contributed by atoms with E-state index in [2.05, 4.69) is 28.1 Å². The van der Waals surface area contributed by atoms with Gasteiger partial charge in [0.1, 0.15) is 0 Å². The van der Waals surface area contributed by atoms with Gasteiger partial charge in [0.05, 0.1) is 6.61 Å². The Bertz CT molecular complexity index is 451. The zero-order valence-electron chi connectivity index (χ0n) is 7.70. The lowest BCUT2D eigenvalue weighted by atomic mass is 10.0. The summed E-state index contributed by atoms with van der Waals surface area (Å²) in [7, 11) is 0. The SMILES string of the molecule is OCc1ccc2ccccc2c1CBr. The van der Waals surface area contributed by atoms with Crippen LogP contribution >= 0.6 is 15.9 Å². The lowest BCUT2D eigenvalue weighted by Gasteiger charge is -2.08. The van der Waals surface area contributed by atoms with E-state index in [0.717, 1.165) is 10.9 Å². The van der Waals surface area contributed by atoms with Crippen LogP contribution in [-0.4, -0.2) is 5.11 Å². The highest BCUT2D eigenvalue weighted by molar-refractivity contribution is 9.08. The molecule has 0 fully saturated rings. The van der Waals surface area contributed by atoms with E-state index in [1.165, 1.54) is 16.3 Å². The van der Waals surface area contributed by atoms with Crippen LogP contribution < -0.4 is 0 Å². The fraction of sp³-hybridized carbons (Fsp3) is 0.167. The van der Waals surface area contributed by atoms with Gasteiger partial charge in [-0.05, 0) is 21.9 Å². The van der Waals surface area contributed by atoms with E-state index < -0.39 is 0 Å². The van der Waals surface area contributed by atoms with Gasteiger partial charge in [-0.15, -0.1) is 0 Å². The number of halogens is 1. The molecule has 0 bridgehead atoms. The zero-order chi connectivity index (χ0) is 9.97. The van der Waals surface area contributed by atoms with Crippen LogP contribution in [0.5, 0.6) is 0 Å². The molecule has 0 saturated heterocycles. The van der Waals surface area contributed by atoms with Gasteiger partial charge < -0.3 is 5.11 Å². The van der Waals surface area contributed by atoms with Crippen molar-refractivity contribution >= 4 is 26.7 Å². The maximum absolute atomic E-state index is 9.19. The highest BCUT2D eigenvalue weighted by Crippen LogP contribution is 2.24. The molecule has 14 heavy (non-hydrogen) atoms. The Hall–Kier alpha value is -0.860. The van der Waals surface area contributed by atoms with Crippen molar-refractivity contribution in [2.24, 2.45) is 0 Å².